The lowest BCUT2D eigenvalue weighted by molar-refractivity contribution is -0.137. The number of benzene rings is 1. The number of hydrogen-bond donors (Lipinski definition) is 1. The van der Waals surface area contributed by atoms with E-state index < -0.39 is 11.7 Å². The third-order valence-electron chi connectivity index (χ3n) is 3.61. The number of alkyl halides is 3. The van der Waals surface area contributed by atoms with Crippen molar-refractivity contribution in [2.75, 3.05) is 6.54 Å². The van der Waals surface area contributed by atoms with Gasteiger partial charge in [0.15, 0.2) is 0 Å². The Morgan fingerprint density at radius 1 is 1.25 bits per heavy atom. The smallest absolute Gasteiger partial charge is 0.368 e. The van der Waals surface area contributed by atoms with Crippen LogP contribution in [0.2, 0.25) is 0 Å². The number of hydrogen-bond acceptors (Lipinski definition) is 2. The van der Waals surface area contributed by atoms with Crippen LogP contribution in [0.15, 0.2) is 24.3 Å². The van der Waals surface area contributed by atoms with E-state index in [1.54, 1.807) is 0 Å². The second kappa shape index (κ2) is 5.83. The predicted molar refractivity (Wildman–Crippen MR) is 68.7 cm³/mol. The Labute approximate surface area is 115 Å². The Hall–Kier alpha value is -1.56. The molecule has 3 nitrogen and oxygen atoms in total. The lowest BCUT2D eigenvalue weighted by Gasteiger charge is -2.33. The normalized spacial score (nSPS) is 20.9. The van der Waals surface area contributed by atoms with Crippen LogP contribution < -0.4 is 5.73 Å². The SMILES string of the molecule is NC(=O)C1CCCCN1Cc1ccc(C(F)(F)F)cc1. The maximum atomic E-state index is 12.5. The highest BCUT2D eigenvalue weighted by molar-refractivity contribution is 5.79. The van der Waals surface area contributed by atoms with Crippen molar-refractivity contribution in [3.63, 3.8) is 0 Å². The van der Waals surface area contributed by atoms with Gasteiger partial charge in [0.05, 0.1) is 11.6 Å². The quantitative estimate of drug-likeness (QED) is 0.928. The summed E-state index contributed by atoms with van der Waals surface area (Å²) < 4.78 is 37.4. The molecule has 0 radical (unpaired) electrons. The van der Waals surface area contributed by atoms with Crippen LogP contribution in [0, 0.1) is 0 Å². The van der Waals surface area contributed by atoms with Gasteiger partial charge in [0, 0.05) is 6.54 Å². The number of carbonyl (C=O) groups excluding carboxylic acids is 1. The minimum atomic E-state index is -4.32. The van der Waals surface area contributed by atoms with Crippen LogP contribution in [-0.4, -0.2) is 23.4 Å². The molecule has 1 heterocycles. The number of rotatable bonds is 3. The van der Waals surface area contributed by atoms with E-state index >= 15 is 0 Å². The highest BCUT2D eigenvalue weighted by Crippen LogP contribution is 2.29. The van der Waals surface area contributed by atoms with Crippen LogP contribution in [0.25, 0.3) is 0 Å². The highest BCUT2D eigenvalue weighted by Gasteiger charge is 2.30. The van der Waals surface area contributed by atoms with Crippen LogP contribution >= 0.6 is 0 Å². The van der Waals surface area contributed by atoms with E-state index in [0.29, 0.717) is 6.54 Å². The summed E-state index contributed by atoms with van der Waals surface area (Å²) in [5.74, 6) is -0.364. The summed E-state index contributed by atoms with van der Waals surface area (Å²) in [6, 6.07) is 4.73. The van der Waals surface area contributed by atoms with E-state index in [2.05, 4.69) is 0 Å². The van der Waals surface area contributed by atoms with Gasteiger partial charge in [-0.05, 0) is 37.1 Å². The molecule has 110 valence electrons. The maximum Gasteiger partial charge on any atom is 0.416 e. The monoisotopic (exact) mass is 286 g/mol. The molecule has 1 aliphatic heterocycles. The van der Waals surface area contributed by atoms with Gasteiger partial charge in [0.25, 0.3) is 0 Å². The first kappa shape index (κ1) is 14.8. The van der Waals surface area contributed by atoms with Crippen molar-refractivity contribution in [3.05, 3.63) is 35.4 Å². The van der Waals surface area contributed by atoms with Gasteiger partial charge < -0.3 is 5.73 Å². The zero-order valence-electron chi connectivity index (χ0n) is 11.0. The first-order valence-corrected chi connectivity index (χ1v) is 6.57. The molecule has 0 aliphatic carbocycles. The lowest BCUT2D eigenvalue weighted by Crippen LogP contribution is -2.47. The van der Waals surface area contributed by atoms with Crippen LogP contribution in [-0.2, 0) is 17.5 Å². The Balaban J connectivity index is 2.07. The number of halogens is 3. The molecule has 0 aromatic heterocycles. The van der Waals surface area contributed by atoms with E-state index in [1.165, 1.54) is 12.1 Å². The van der Waals surface area contributed by atoms with Gasteiger partial charge in [-0.15, -0.1) is 0 Å². The van der Waals surface area contributed by atoms with Gasteiger partial charge in [-0.3, -0.25) is 9.69 Å². The highest BCUT2D eigenvalue weighted by atomic mass is 19.4. The van der Waals surface area contributed by atoms with E-state index in [0.717, 1.165) is 43.5 Å². The number of amides is 1. The number of carbonyl (C=O) groups is 1. The minimum absolute atomic E-state index is 0.314. The molecule has 1 atom stereocenters. The topological polar surface area (TPSA) is 46.3 Å². The fraction of sp³-hybridized carbons (Fsp3) is 0.500. The van der Waals surface area contributed by atoms with Crippen LogP contribution in [0.3, 0.4) is 0 Å². The Bertz CT molecular complexity index is 470. The maximum absolute atomic E-state index is 12.5. The Kier molecular flexibility index (Phi) is 4.32. The summed E-state index contributed by atoms with van der Waals surface area (Å²) in [5, 5.41) is 0. The second-order valence-corrected chi connectivity index (χ2v) is 5.08. The van der Waals surface area contributed by atoms with E-state index in [9.17, 15) is 18.0 Å². The number of nitrogens with two attached hydrogens (primary N) is 1. The lowest BCUT2D eigenvalue weighted by atomic mass is 10.0. The van der Waals surface area contributed by atoms with Gasteiger partial charge in [0.2, 0.25) is 5.91 Å². The van der Waals surface area contributed by atoms with Crippen molar-refractivity contribution in [3.8, 4) is 0 Å². The number of primary amides is 1. The molecule has 6 heteroatoms. The van der Waals surface area contributed by atoms with Crippen molar-refractivity contribution in [1.29, 1.82) is 0 Å². The van der Waals surface area contributed by atoms with Gasteiger partial charge >= 0.3 is 6.18 Å². The molecule has 1 fully saturated rings. The zero-order chi connectivity index (χ0) is 14.8. The summed E-state index contributed by atoms with van der Waals surface area (Å²) in [6.07, 6.45) is -1.67. The van der Waals surface area contributed by atoms with Crippen molar-refractivity contribution < 1.29 is 18.0 Å². The molecule has 1 aromatic rings. The van der Waals surface area contributed by atoms with Gasteiger partial charge in [-0.25, -0.2) is 0 Å². The standard InChI is InChI=1S/C14H17F3N2O/c15-14(16,17)11-6-4-10(5-7-11)9-19-8-2-1-3-12(19)13(18)20/h4-7,12H,1-3,8-9H2,(H2,18,20). The molecule has 1 aliphatic rings. The molecule has 2 rings (SSSR count). The van der Waals surface area contributed by atoms with E-state index in [4.69, 9.17) is 5.73 Å². The fourth-order valence-electron chi connectivity index (χ4n) is 2.54. The third kappa shape index (κ3) is 3.50. The van der Waals surface area contributed by atoms with Gasteiger partial charge in [-0.1, -0.05) is 18.6 Å². The molecule has 2 N–H and O–H groups in total. The summed E-state index contributed by atoms with van der Waals surface area (Å²) in [4.78, 5) is 13.3. The van der Waals surface area contributed by atoms with Gasteiger partial charge in [-0.2, -0.15) is 13.2 Å². The summed E-state index contributed by atoms with van der Waals surface area (Å²) in [5.41, 5.74) is 5.46. The average Bonchev–Trinajstić information content (AvgIpc) is 2.38. The molecular formula is C14H17F3N2O. The Morgan fingerprint density at radius 3 is 2.45 bits per heavy atom. The number of likely N-dealkylation sites (tertiary alicyclic amines) is 1. The molecule has 20 heavy (non-hydrogen) atoms. The van der Waals surface area contributed by atoms with Crippen molar-refractivity contribution >= 4 is 5.91 Å². The predicted octanol–water partition coefficient (Wildman–Crippen LogP) is 2.55. The molecule has 0 saturated carbocycles. The van der Waals surface area contributed by atoms with Crippen molar-refractivity contribution in [2.45, 2.75) is 38.0 Å². The Morgan fingerprint density at radius 2 is 1.90 bits per heavy atom. The minimum Gasteiger partial charge on any atom is -0.368 e. The molecular weight excluding hydrogens is 269 g/mol. The fourth-order valence-corrected chi connectivity index (χ4v) is 2.54. The number of piperidine rings is 1. The molecule has 0 bridgehead atoms. The summed E-state index contributed by atoms with van der Waals surface area (Å²) in [7, 11) is 0. The van der Waals surface area contributed by atoms with Crippen LogP contribution in [0.1, 0.15) is 30.4 Å². The molecule has 1 saturated heterocycles. The zero-order valence-corrected chi connectivity index (χ0v) is 11.0. The first-order valence-electron chi connectivity index (χ1n) is 6.57. The number of nitrogens with zero attached hydrogens (tertiary/aromatic N) is 1. The van der Waals surface area contributed by atoms with Crippen molar-refractivity contribution in [2.24, 2.45) is 5.73 Å². The summed E-state index contributed by atoms with van der Waals surface area (Å²) >= 11 is 0. The molecule has 1 aromatic carbocycles. The average molecular weight is 286 g/mol. The molecule has 0 spiro atoms. The second-order valence-electron chi connectivity index (χ2n) is 5.08. The van der Waals surface area contributed by atoms with E-state index in [1.807, 2.05) is 4.90 Å². The summed E-state index contributed by atoms with van der Waals surface area (Å²) in [6.45, 7) is 1.19. The first-order chi connectivity index (χ1) is 9.38. The van der Waals surface area contributed by atoms with Crippen LogP contribution in [0.4, 0.5) is 13.2 Å². The largest absolute Gasteiger partial charge is 0.416 e. The van der Waals surface area contributed by atoms with Gasteiger partial charge in [0.1, 0.15) is 0 Å². The van der Waals surface area contributed by atoms with Crippen molar-refractivity contribution in [1.82, 2.24) is 4.90 Å². The van der Waals surface area contributed by atoms with E-state index in [-0.39, 0.29) is 11.9 Å². The molecule has 1 amide bonds. The molecule has 1 unspecified atom stereocenters. The van der Waals surface area contributed by atoms with Crippen LogP contribution in [0.5, 0.6) is 0 Å². The third-order valence-corrected chi connectivity index (χ3v) is 3.61.